The lowest BCUT2D eigenvalue weighted by Crippen LogP contribution is -2.27. The van der Waals surface area contributed by atoms with Crippen molar-refractivity contribution in [1.82, 2.24) is 15.5 Å². The highest BCUT2D eigenvalue weighted by molar-refractivity contribution is 5.89. The summed E-state index contributed by atoms with van der Waals surface area (Å²) in [5.41, 5.74) is 4.40. The van der Waals surface area contributed by atoms with E-state index in [0.717, 1.165) is 59.6 Å². The van der Waals surface area contributed by atoms with Gasteiger partial charge in [-0.05, 0) is 62.4 Å². The van der Waals surface area contributed by atoms with Gasteiger partial charge >= 0.3 is 0 Å². The average Bonchev–Trinajstić information content (AvgIpc) is 3.10. The molecule has 1 aromatic carbocycles. The molecule has 1 fully saturated rings. The number of aliphatic hydroxyl groups is 1. The zero-order chi connectivity index (χ0) is 17.1. The molecule has 0 radical (unpaired) electrons. The predicted molar refractivity (Wildman–Crippen MR) is 97.1 cm³/mol. The number of fused-ring (bicyclic) bond motifs is 1. The molecule has 1 aliphatic heterocycles. The zero-order valence-corrected chi connectivity index (χ0v) is 14.2. The minimum atomic E-state index is -0.0789. The van der Waals surface area contributed by atoms with Crippen LogP contribution in [0.1, 0.15) is 30.5 Å². The molecule has 130 valence electrons. The van der Waals surface area contributed by atoms with Gasteiger partial charge in [0.25, 0.3) is 0 Å². The normalized spacial score (nSPS) is 15.7. The lowest BCUT2D eigenvalue weighted by Gasteiger charge is -2.21. The van der Waals surface area contributed by atoms with E-state index in [1.165, 1.54) is 12.8 Å². The van der Waals surface area contributed by atoms with Gasteiger partial charge in [0.15, 0.2) is 5.58 Å². The molecule has 4 rings (SSSR count). The molecule has 0 amide bonds. The van der Waals surface area contributed by atoms with E-state index < -0.39 is 0 Å². The molecule has 0 aliphatic carbocycles. The van der Waals surface area contributed by atoms with Crippen molar-refractivity contribution in [3.05, 3.63) is 47.9 Å². The Hall–Kier alpha value is -2.24. The fourth-order valence-electron chi connectivity index (χ4n) is 3.75. The van der Waals surface area contributed by atoms with E-state index in [2.05, 4.69) is 21.5 Å². The summed E-state index contributed by atoms with van der Waals surface area (Å²) in [7, 11) is 0. The van der Waals surface area contributed by atoms with Crippen molar-refractivity contribution in [3.8, 4) is 11.1 Å². The third-order valence-electron chi connectivity index (χ3n) is 5.20. The number of aliphatic hydroxyl groups excluding tert-OH is 1. The molecule has 5 nitrogen and oxygen atoms in total. The minimum absolute atomic E-state index is 0.0789. The summed E-state index contributed by atoms with van der Waals surface area (Å²) in [5, 5.41) is 18.6. The number of piperidine rings is 1. The molecule has 0 unspecified atom stereocenters. The summed E-state index contributed by atoms with van der Waals surface area (Å²) in [6, 6.07) is 7.98. The van der Waals surface area contributed by atoms with Crippen molar-refractivity contribution in [2.45, 2.75) is 32.3 Å². The summed E-state index contributed by atoms with van der Waals surface area (Å²) in [4.78, 5) is 4.17. The van der Waals surface area contributed by atoms with E-state index in [-0.39, 0.29) is 6.61 Å². The van der Waals surface area contributed by atoms with Crippen LogP contribution in [0.4, 0.5) is 0 Å². The first-order chi connectivity index (χ1) is 12.4. The second-order valence-corrected chi connectivity index (χ2v) is 6.73. The summed E-state index contributed by atoms with van der Waals surface area (Å²) < 4.78 is 5.63. The largest absolute Gasteiger partial charge is 0.392 e. The van der Waals surface area contributed by atoms with Gasteiger partial charge in [0.2, 0.25) is 0 Å². The Labute approximate surface area is 147 Å². The standard InChI is InChI=1S/C20H23N3O2/c24-13-18-16(15-2-1-9-22-12-15)4-5-17-19(23-25-20(17)18)6-3-14-7-10-21-11-8-14/h1-2,4-5,9,12,14,21,24H,3,6-8,10-11,13H2. The maximum atomic E-state index is 9.91. The van der Waals surface area contributed by atoms with Gasteiger partial charge in [0, 0.05) is 28.9 Å². The summed E-state index contributed by atoms with van der Waals surface area (Å²) >= 11 is 0. The van der Waals surface area contributed by atoms with E-state index in [1.807, 2.05) is 18.2 Å². The molecule has 1 aliphatic rings. The number of aryl methyl sites for hydroxylation is 1. The van der Waals surface area contributed by atoms with Crippen molar-refractivity contribution in [2.75, 3.05) is 13.1 Å². The van der Waals surface area contributed by atoms with Crippen LogP contribution in [0.15, 0.2) is 41.2 Å². The number of nitrogens with zero attached hydrogens (tertiary/aromatic N) is 2. The molecule has 1 saturated heterocycles. The maximum Gasteiger partial charge on any atom is 0.173 e. The van der Waals surface area contributed by atoms with Gasteiger partial charge in [0.05, 0.1) is 12.3 Å². The Morgan fingerprint density at radius 3 is 2.84 bits per heavy atom. The van der Waals surface area contributed by atoms with E-state index in [4.69, 9.17) is 4.52 Å². The van der Waals surface area contributed by atoms with Crippen LogP contribution in [0, 0.1) is 5.92 Å². The van der Waals surface area contributed by atoms with Crippen molar-refractivity contribution in [2.24, 2.45) is 5.92 Å². The van der Waals surface area contributed by atoms with Crippen LogP contribution in [0.2, 0.25) is 0 Å². The Morgan fingerprint density at radius 1 is 1.20 bits per heavy atom. The first kappa shape index (κ1) is 16.2. The molecule has 25 heavy (non-hydrogen) atoms. The van der Waals surface area contributed by atoms with Crippen LogP contribution < -0.4 is 5.32 Å². The smallest absolute Gasteiger partial charge is 0.173 e. The zero-order valence-electron chi connectivity index (χ0n) is 14.2. The highest BCUT2D eigenvalue weighted by atomic mass is 16.5. The summed E-state index contributed by atoms with van der Waals surface area (Å²) in [6.07, 6.45) is 8.09. The summed E-state index contributed by atoms with van der Waals surface area (Å²) in [6.45, 7) is 2.16. The topological polar surface area (TPSA) is 71.2 Å². The van der Waals surface area contributed by atoms with Gasteiger partial charge in [-0.25, -0.2) is 0 Å². The van der Waals surface area contributed by atoms with Crippen molar-refractivity contribution in [3.63, 3.8) is 0 Å². The lowest BCUT2D eigenvalue weighted by atomic mass is 9.91. The molecule has 3 heterocycles. The quantitative estimate of drug-likeness (QED) is 0.747. The van der Waals surface area contributed by atoms with Crippen LogP contribution in [0.3, 0.4) is 0 Å². The van der Waals surface area contributed by atoms with Crippen LogP contribution in [0.5, 0.6) is 0 Å². The Bertz CT molecular complexity index is 839. The fraction of sp³-hybridized carbons (Fsp3) is 0.400. The molecule has 0 saturated carbocycles. The highest BCUT2D eigenvalue weighted by Gasteiger charge is 2.18. The second-order valence-electron chi connectivity index (χ2n) is 6.73. The average molecular weight is 337 g/mol. The first-order valence-electron chi connectivity index (χ1n) is 8.99. The van der Waals surface area contributed by atoms with Gasteiger partial charge in [-0.15, -0.1) is 0 Å². The molecule has 0 bridgehead atoms. The number of aromatic nitrogens is 2. The van der Waals surface area contributed by atoms with E-state index in [1.54, 1.807) is 12.4 Å². The SMILES string of the molecule is OCc1c(-c2cccnc2)ccc2c(CCC3CCNCC3)noc12. The van der Waals surface area contributed by atoms with Gasteiger partial charge in [-0.3, -0.25) is 4.98 Å². The second kappa shape index (κ2) is 7.33. The van der Waals surface area contributed by atoms with E-state index >= 15 is 0 Å². The number of pyridine rings is 1. The van der Waals surface area contributed by atoms with Crippen LogP contribution in [-0.2, 0) is 13.0 Å². The number of hydrogen-bond donors (Lipinski definition) is 2. The molecule has 5 heteroatoms. The monoisotopic (exact) mass is 337 g/mol. The van der Waals surface area contributed by atoms with Crippen molar-refractivity contribution in [1.29, 1.82) is 0 Å². The number of hydrogen-bond acceptors (Lipinski definition) is 5. The first-order valence-corrected chi connectivity index (χ1v) is 8.99. The lowest BCUT2D eigenvalue weighted by molar-refractivity contribution is 0.281. The van der Waals surface area contributed by atoms with Crippen LogP contribution in [-0.4, -0.2) is 28.3 Å². The van der Waals surface area contributed by atoms with Crippen molar-refractivity contribution < 1.29 is 9.63 Å². The highest BCUT2D eigenvalue weighted by Crippen LogP contribution is 2.32. The third kappa shape index (κ3) is 3.30. The number of benzene rings is 1. The molecule has 2 aromatic heterocycles. The molecular weight excluding hydrogens is 314 g/mol. The maximum absolute atomic E-state index is 9.91. The third-order valence-corrected chi connectivity index (χ3v) is 5.20. The van der Waals surface area contributed by atoms with Gasteiger partial charge in [-0.1, -0.05) is 17.3 Å². The van der Waals surface area contributed by atoms with Gasteiger partial charge < -0.3 is 14.9 Å². The van der Waals surface area contributed by atoms with E-state index in [9.17, 15) is 5.11 Å². The minimum Gasteiger partial charge on any atom is -0.392 e. The number of rotatable bonds is 5. The van der Waals surface area contributed by atoms with E-state index in [0.29, 0.717) is 5.58 Å². The Kier molecular flexibility index (Phi) is 4.76. The molecule has 0 atom stereocenters. The molecule has 3 aromatic rings. The predicted octanol–water partition coefficient (Wildman–Crippen LogP) is 3.31. The number of nitrogens with one attached hydrogen (secondary N) is 1. The Morgan fingerprint density at radius 2 is 2.08 bits per heavy atom. The van der Waals surface area contributed by atoms with Crippen LogP contribution >= 0.6 is 0 Å². The molecular formula is C20H23N3O2. The fourth-order valence-corrected chi connectivity index (χ4v) is 3.75. The Balaban J connectivity index is 1.63. The van der Waals surface area contributed by atoms with Gasteiger partial charge in [-0.2, -0.15) is 0 Å². The van der Waals surface area contributed by atoms with Gasteiger partial charge in [0.1, 0.15) is 0 Å². The molecule has 0 spiro atoms. The summed E-state index contributed by atoms with van der Waals surface area (Å²) in [5.74, 6) is 0.764. The van der Waals surface area contributed by atoms with Crippen molar-refractivity contribution >= 4 is 11.0 Å². The van der Waals surface area contributed by atoms with Crippen LogP contribution in [0.25, 0.3) is 22.1 Å². The molecule has 2 N–H and O–H groups in total.